The minimum Gasteiger partial charge on any atom is -0.399 e. The van der Waals surface area contributed by atoms with Gasteiger partial charge in [0.1, 0.15) is 0 Å². The van der Waals surface area contributed by atoms with Gasteiger partial charge in [-0.3, -0.25) is 9.11 Å². The summed E-state index contributed by atoms with van der Waals surface area (Å²) in [5.74, 6) is 0. The predicted molar refractivity (Wildman–Crippen MR) is 65.5 cm³/mol. The van der Waals surface area contributed by atoms with Gasteiger partial charge in [-0.1, -0.05) is 24.8 Å². The number of thiol groups is 1. The topological polar surface area (TPSA) is 135 Å². The molecule has 0 aliphatic rings. The Morgan fingerprint density at radius 1 is 1.18 bits per heavy atom. The van der Waals surface area contributed by atoms with E-state index in [0.717, 1.165) is 11.1 Å². The lowest BCUT2D eigenvalue weighted by Crippen LogP contribution is -1.89. The molecule has 0 aliphatic heterocycles. The summed E-state index contributed by atoms with van der Waals surface area (Å²) in [5, 5.41) is 0.870. The zero-order chi connectivity index (χ0) is 13.9. The van der Waals surface area contributed by atoms with E-state index in [2.05, 4.69) is 6.58 Å². The highest BCUT2D eigenvalue weighted by atomic mass is 32.3. The van der Waals surface area contributed by atoms with Crippen molar-refractivity contribution in [2.45, 2.75) is 0 Å². The Morgan fingerprint density at radius 2 is 1.47 bits per heavy atom. The molecule has 0 amide bonds. The van der Waals surface area contributed by atoms with Crippen molar-refractivity contribution in [2.24, 2.45) is 0 Å². The summed E-state index contributed by atoms with van der Waals surface area (Å²) in [6.45, 7) is 2.96. The first-order valence-corrected chi connectivity index (χ1v) is 6.57. The smallest absolute Gasteiger partial charge is 0.394 e. The molecule has 1 aromatic carbocycles. The minimum atomic E-state index is -4.67. The van der Waals surface area contributed by atoms with Crippen molar-refractivity contribution in [1.29, 1.82) is 0 Å². The molecular weight excluding hydrogens is 270 g/mol. The van der Waals surface area contributed by atoms with Gasteiger partial charge in [0.15, 0.2) is 10.7 Å². The fraction of sp³-hybridized carbons (Fsp3) is 0. The molecule has 17 heavy (non-hydrogen) atoms. The summed E-state index contributed by atoms with van der Waals surface area (Å²) in [7, 11) is -7.00. The molecule has 4 N–H and O–H groups in total. The second-order valence-electron chi connectivity index (χ2n) is 2.33. The SMILES string of the molecule is C=C[SH](=O)=O.Nc1ccccc1.O=S(=O)(O)O. The van der Waals surface area contributed by atoms with Gasteiger partial charge < -0.3 is 5.73 Å². The molecule has 1 aromatic rings. The fourth-order valence-electron chi connectivity index (χ4n) is 0.453. The van der Waals surface area contributed by atoms with E-state index in [9.17, 15) is 8.42 Å². The molecular formula is C8H13NO6S2. The van der Waals surface area contributed by atoms with Crippen molar-refractivity contribution in [3.05, 3.63) is 42.3 Å². The van der Waals surface area contributed by atoms with Crippen LogP contribution in [0.1, 0.15) is 0 Å². The monoisotopic (exact) mass is 283 g/mol. The molecule has 0 fully saturated rings. The Balaban J connectivity index is 0. The summed E-state index contributed by atoms with van der Waals surface area (Å²) >= 11 is 0. The van der Waals surface area contributed by atoms with Gasteiger partial charge in [0.2, 0.25) is 0 Å². The van der Waals surface area contributed by atoms with Gasteiger partial charge in [-0.25, -0.2) is 8.42 Å². The fourth-order valence-corrected chi connectivity index (χ4v) is 0.453. The van der Waals surface area contributed by atoms with E-state index in [1.54, 1.807) is 0 Å². The van der Waals surface area contributed by atoms with Gasteiger partial charge in [-0.2, -0.15) is 8.42 Å². The van der Waals surface area contributed by atoms with Crippen molar-refractivity contribution in [1.82, 2.24) is 0 Å². The Kier molecular flexibility index (Phi) is 10.3. The number of rotatable bonds is 1. The lowest BCUT2D eigenvalue weighted by molar-refractivity contribution is 0.381. The quantitative estimate of drug-likeness (QED) is 0.332. The highest BCUT2D eigenvalue weighted by Gasteiger charge is 1.84. The average molecular weight is 283 g/mol. The molecule has 1 rings (SSSR count). The molecule has 0 spiro atoms. The van der Waals surface area contributed by atoms with Crippen LogP contribution in [0.5, 0.6) is 0 Å². The van der Waals surface area contributed by atoms with Crippen molar-refractivity contribution in [2.75, 3.05) is 5.73 Å². The molecule has 0 saturated heterocycles. The Morgan fingerprint density at radius 3 is 1.59 bits per heavy atom. The van der Waals surface area contributed by atoms with E-state index in [1.165, 1.54) is 0 Å². The summed E-state index contributed by atoms with van der Waals surface area (Å²) in [5.41, 5.74) is 6.18. The first-order valence-electron chi connectivity index (χ1n) is 3.93. The van der Waals surface area contributed by atoms with Crippen molar-refractivity contribution >= 4 is 26.8 Å². The van der Waals surface area contributed by atoms with Crippen molar-refractivity contribution < 1.29 is 25.9 Å². The second kappa shape index (κ2) is 9.78. The highest BCUT2D eigenvalue weighted by molar-refractivity contribution is 7.79. The van der Waals surface area contributed by atoms with Crippen LogP contribution in [0.2, 0.25) is 0 Å². The third-order valence-corrected chi connectivity index (χ3v) is 1.25. The maximum atomic E-state index is 9.29. The summed E-state index contributed by atoms with van der Waals surface area (Å²) in [6.07, 6.45) is 0. The van der Waals surface area contributed by atoms with Crippen molar-refractivity contribution in [3.8, 4) is 0 Å². The number of anilines is 1. The molecule has 0 heterocycles. The zero-order valence-corrected chi connectivity index (χ0v) is 10.3. The Bertz CT molecular complexity index is 464. The van der Waals surface area contributed by atoms with Crippen LogP contribution in [0.15, 0.2) is 42.3 Å². The molecule has 9 heteroatoms. The van der Waals surface area contributed by atoms with E-state index < -0.39 is 21.1 Å². The molecule has 0 bridgehead atoms. The first kappa shape index (κ1) is 18.0. The maximum Gasteiger partial charge on any atom is 0.394 e. The van der Waals surface area contributed by atoms with Crippen LogP contribution in [0, 0.1) is 0 Å². The molecule has 7 nitrogen and oxygen atoms in total. The molecule has 0 aliphatic carbocycles. The van der Waals surface area contributed by atoms with Crippen LogP contribution in [-0.2, 0) is 21.1 Å². The van der Waals surface area contributed by atoms with E-state index in [1.807, 2.05) is 30.3 Å². The van der Waals surface area contributed by atoms with Gasteiger partial charge in [0.05, 0.1) is 0 Å². The normalized spacial score (nSPS) is 9.35. The number of nitrogens with two attached hydrogens (primary N) is 1. The molecule has 0 saturated carbocycles. The molecule has 0 radical (unpaired) electrons. The summed E-state index contributed by atoms with van der Waals surface area (Å²) in [6, 6.07) is 9.49. The standard InChI is InChI=1S/C6H7N.C2H4O2S.H2O4S/c7-6-4-2-1-3-5-6;1-2-5(3)4;1-5(2,3)4/h1-5H,7H2;2,5H,1H2;(H2,1,2,3,4). The lowest BCUT2D eigenvalue weighted by atomic mass is 10.3. The van der Waals surface area contributed by atoms with E-state index in [0.29, 0.717) is 0 Å². The molecule has 0 unspecified atom stereocenters. The highest BCUT2D eigenvalue weighted by Crippen LogP contribution is 1.95. The van der Waals surface area contributed by atoms with Gasteiger partial charge in [-0.05, 0) is 12.1 Å². The Hall–Kier alpha value is -1.42. The zero-order valence-electron chi connectivity index (χ0n) is 8.63. The largest absolute Gasteiger partial charge is 0.399 e. The minimum absolute atomic E-state index is 0.822. The second-order valence-corrected chi connectivity index (χ2v) is 4.16. The van der Waals surface area contributed by atoms with E-state index in [4.69, 9.17) is 23.3 Å². The first-order chi connectivity index (χ1) is 7.66. The summed E-state index contributed by atoms with van der Waals surface area (Å²) < 4.78 is 50.2. The molecule has 98 valence electrons. The molecule has 0 atom stereocenters. The van der Waals surface area contributed by atoms with Crippen LogP contribution in [0.25, 0.3) is 0 Å². The number of benzene rings is 1. The van der Waals surface area contributed by atoms with Crippen molar-refractivity contribution in [3.63, 3.8) is 0 Å². The number of hydrogen-bond acceptors (Lipinski definition) is 5. The van der Waals surface area contributed by atoms with Gasteiger partial charge in [-0.15, -0.1) is 0 Å². The number of para-hydroxylation sites is 1. The van der Waals surface area contributed by atoms with Gasteiger partial charge >= 0.3 is 10.4 Å². The predicted octanol–water partition coefficient (Wildman–Crippen LogP) is 0.357. The van der Waals surface area contributed by atoms with Gasteiger partial charge in [0, 0.05) is 11.1 Å². The summed E-state index contributed by atoms with van der Waals surface area (Å²) in [4.78, 5) is 0. The number of hydrogen-bond donors (Lipinski definition) is 4. The van der Waals surface area contributed by atoms with Crippen LogP contribution < -0.4 is 5.73 Å². The Labute approximate surface area is 101 Å². The third-order valence-electron chi connectivity index (χ3n) is 0.949. The van der Waals surface area contributed by atoms with Crippen LogP contribution >= 0.6 is 0 Å². The lowest BCUT2D eigenvalue weighted by Gasteiger charge is -1.83. The van der Waals surface area contributed by atoms with Crippen LogP contribution in [0.3, 0.4) is 0 Å². The molecule has 0 aromatic heterocycles. The van der Waals surface area contributed by atoms with Gasteiger partial charge in [0.25, 0.3) is 0 Å². The van der Waals surface area contributed by atoms with E-state index in [-0.39, 0.29) is 0 Å². The van der Waals surface area contributed by atoms with E-state index >= 15 is 0 Å². The third kappa shape index (κ3) is 31.3. The van der Waals surface area contributed by atoms with Crippen LogP contribution in [-0.4, -0.2) is 25.9 Å². The average Bonchev–Trinajstić information content (AvgIpc) is 2.17. The van der Waals surface area contributed by atoms with Crippen LogP contribution in [0.4, 0.5) is 5.69 Å². The maximum absolute atomic E-state index is 9.29. The number of nitrogen functional groups attached to an aromatic ring is 1.